The monoisotopic (exact) mass is 265 g/mol. The molecule has 0 bridgehead atoms. The van der Waals surface area contributed by atoms with Gasteiger partial charge in [0.25, 0.3) is 0 Å². The molecule has 0 saturated carbocycles. The van der Waals surface area contributed by atoms with E-state index in [4.69, 9.17) is 5.73 Å². The van der Waals surface area contributed by atoms with Crippen LogP contribution in [0.2, 0.25) is 0 Å². The van der Waals surface area contributed by atoms with Crippen molar-refractivity contribution in [3.63, 3.8) is 0 Å². The van der Waals surface area contributed by atoms with Crippen molar-refractivity contribution in [1.82, 2.24) is 15.0 Å². The minimum atomic E-state index is 0.445. The van der Waals surface area contributed by atoms with E-state index in [-0.39, 0.29) is 0 Å². The first-order valence-corrected chi connectivity index (χ1v) is 6.36. The first-order chi connectivity index (χ1) is 9.74. The molecular weight excluding hydrogens is 250 g/mol. The lowest BCUT2D eigenvalue weighted by Gasteiger charge is -2.19. The van der Waals surface area contributed by atoms with Gasteiger partial charge in [-0.05, 0) is 29.8 Å². The van der Waals surface area contributed by atoms with E-state index in [1.54, 1.807) is 12.4 Å². The second-order valence-corrected chi connectivity index (χ2v) is 4.63. The summed E-state index contributed by atoms with van der Waals surface area (Å²) in [5.41, 5.74) is 8.82. The molecule has 2 heterocycles. The SMILES string of the molecule is CN(Cc1ccncc1)c1nc2ccccc2nc1N. The van der Waals surface area contributed by atoms with E-state index in [0.29, 0.717) is 18.2 Å². The van der Waals surface area contributed by atoms with Gasteiger partial charge in [0.15, 0.2) is 11.6 Å². The lowest BCUT2D eigenvalue weighted by Crippen LogP contribution is -2.20. The van der Waals surface area contributed by atoms with Gasteiger partial charge in [-0.15, -0.1) is 0 Å². The topological polar surface area (TPSA) is 67.9 Å². The molecule has 0 atom stereocenters. The van der Waals surface area contributed by atoms with Crippen LogP contribution in [0.1, 0.15) is 5.56 Å². The predicted molar refractivity (Wildman–Crippen MR) is 80.3 cm³/mol. The van der Waals surface area contributed by atoms with Gasteiger partial charge in [0.2, 0.25) is 0 Å². The van der Waals surface area contributed by atoms with Crippen LogP contribution in [0.25, 0.3) is 11.0 Å². The highest BCUT2D eigenvalue weighted by Crippen LogP contribution is 2.22. The number of para-hydroxylation sites is 2. The van der Waals surface area contributed by atoms with E-state index in [0.717, 1.165) is 16.6 Å². The van der Waals surface area contributed by atoms with Crippen molar-refractivity contribution in [2.24, 2.45) is 0 Å². The Morgan fingerprint density at radius 2 is 1.65 bits per heavy atom. The third-order valence-electron chi connectivity index (χ3n) is 3.11. The van der Waals surface area contributed by atoms with E-state index in [2.05, 4.69) is 15.0 Å². The van der Waals surface area contributed by atoms with Crippen molar-refractivity contribution < 1.29 is 0 Å². The van der Waals surface area contributed by atoms with Crippen molar-refractivity contribution >= 4 is 22.7 Å². The smallest absolute Gasteiger partial charge is 0.172 e. The molecule has 0 aliphatic heterocycles. The van der Waals surface area contributed by atoms with Crippen LogP contribution in [0.4, 0.5) is 11.6 Å². The number of aromatic nitrogens is 3. The molecule has 20 heavy (non-hydrogen) atoms. The van der Waals surface area contributed by atoms with Gasteiger partial charge >= 0.3 is 0 Å². The third kappa shape index (κ3) is 2.38. The van der Waals surface area contributed by atoms with Crippen LogP contribution < -0.4 is 10.6 Å². The number of hydrogen-bond acceptors (Lipinski definition) is 5. The Hall–Kier alpha value is -2.69. The number of nitrogen functional groups attached to an aromatic ring is 1. The fraction of sp³-hybridized carbons (Fsp3) is 0.133. The Labute approximate surface area is 117 Å². The standard InChI is InChI=1S/C15H15N5/c1-20(10-11-6-8-17-9-7-11)15-14(16)18-12-4-2-3-5-13(12)19-15/h2-9H,10H2,1H3,(H2,16,18). The average molecular weight is 265 g/mol. The number of rotatable bonds is 3. The quantitative estimate of drug-likeness (QED) is 0.786. The lowest BCUT2D eigenvalue weighted by atomic mass is 10.2. The maximum absolute atomic E-state index is 6.01. The van der Waals surface area contributed by atoms with Crippen molar-refractivity contribution in [1.29, 1.82) is 0 Å². The Morgan fingerprint density at radius 1 is 1.00 bits per heavy atom. The summed E-state index contributed by atoms with van der Waals surface area (Å²) < 4.78 is 0. The van der Waals surface area contributed by atoms with Crippen LogP contribution in [-0.2, 0) is 6.54 Å². The summed E-state index contributed by atoms with van der Waals surface area (Å²) in [4.78, 5) is 15.0. The number of pyridine rings is 1. The first kappa shape index (κ1) is 12.3. The van der Waals surface area contributed by atoms with Crippen LogP contribution in [0, 0.1) is 0 Å². The van der Waals surface area contributed by atoms with Crippen molar-refractivity contribution in [3.8, 4) is 0 Å². The molecule has 3 rings (SSSR count). The minimum absolute atomic E-state index is 0.445. The zero-order chi connectivity index (χ0) is 13.9. The van der Waals surface area contributed by atoms with Crippen LogP contribution in [0.3, 0.4) is 0 Å². The van der Waals surface area contributed by atoms with E-state index in [1.807, 2.05) is 48.3 Å². The van der Waals surface area contributed by atoms with Gasteiger partial charge in [0.05, 0.1) is 11.0 Å². The largest absolute Gasteiger partial charge is 0.381 e. The summed E-state index contributed by atoms with van der Waals surface area (Å²) >= 11 is 0. The summed E-state index contributed by atoms with van der Waals surface area (Å²) in [6.45, 7) is 0.708. The van der Waals surface area contributed by atoms with Gasteiger partial charge in [-0.3, -0.25) is 4.98 Å². The summed E-state index contributed by atoms with van der Waals surface area (Å²) in [6, 6.07) is 11.7. The average Bonchev–Trinajstić information content (AvgIpc) is 2.47. The molecule has 0 spiro atoms. The normalized spacial score (nSPS) is 10.7. The van der Waals surface area contributed by atoms with Crippen LogP contribution in [0.5, 0.6) is 0 Å². The van der Waals surface area contributed by atoms with Crippen LogP contribution >= 0.6 is 0 Å². The summed E-state index contributed by atoms with van der Waals surface area (Å²) in [7, 11) is 1.95. The van der Waals surface area contributed by atoms with Crippen molar-refractivity contribution in [3.05, 3.63) is 54.4 Å². The molecule has 3 aromatic rings. The van der Waals surface area contributed by atoms with Gasteiger partial charge in [-0.1, -0.05) is 12.1 Å². The summed E-state index contributed by atoms with van der Waals surface area (Å²) in [5, 5.41) is 0. The Kier molecular flexibility index (Phi) is 3.16. The number of hydrogen-bond donors (Lipinski definition) is 1. The highest BCUT2D eigenvalue weighted by atomic mass is 15.2. The maximum atomic E-state index is 6.01. The third-order valence-corrected chi connectivity index (χ3v) is 3.11. The molecule has 2 aromatic heterocycles. The molecule has 0 fully saturated rings. The highest BCUT2D eigenvalue weighted by Gasteiger charge is 2.10. The molecule has 0 radical (unpaired) electrons. The van der Waals surface area contributed by atoms with Crippen LogP contribution in [0.15, 0.2) is 48.8 Å². The lowest BCUT2D eigenvalue weighted by molar-refractivity contribution is 0.897. The molecule has 5 heteroatoms. The number of nitrogens with zero attached hydrogens (tertiary/aromatic N) is 4. The van der Waals surface area contributed by atoms with Gasteiger partial charge in [-0.2, -0.15) is 0 Å². The fourth-order valence-electron chi connectivity index (χ4n) is 2.12. The number of fused-ring (bicyclic) bond motifs is 1. The molecule has 0 aliphatic carbocycles. The zero-order valence-electron chi connectivity index (χ0n) is 11.2. The minimum Gasteiger partial charge on any atom is -0.381 e. The second-order valence-electron chi connectivity index (χ2n) is 4.63. The van der Waals surface area contributed by atoms with Gasteiger partial charge in [-0.25, -0.2) is 9.97 Å². The highest BCUT2D eigenvalue weighted by molar-refractivity contribution is 5.79. The van der Waals surface area contributed by atoms with E-state index < -0.39 is 0 Å². The van der Waals surface area contributed by atoms with E-state index in [1.165, 1.54) is 0 Å². The number of nitrogens with two attached hydrogens (primary N) is 1. The zero-order valence-corrected chi connectivity index (χ0v) is 11.2. The maximum Gasteiger partial charge on any atom is 0.172 e. The molecular formula is C15H15N5. The van der Waals surface area contributed by atoms with Gasteiger partial charge in [0, 0.05) is 26.0 Å². The van der Waals surface area contributed by atoms with Crippen molar-refractivity contribution in [2.45, 2.75) is 6.54 Å². The number of anilines is 2. The molecule has 0 amide bonds. The van der Waals surface area contributed by atoms with Gasteiger partial charge in [0.1, 0.15) is 0 Å². The fourth-order valence-corrected chi connectivity index (χ4v) is 2.12. The number of benzene rings is 1. The molecule has 100 valence electrons. The molecule has 2 N–H and O–H groups in total. The Bertz CT molecular complexity index is 727. The molecule has 0 saturated heterocycles. The summed E-state index contributed by atoms with van der Waals surface area (Å²) in [5.74, 6) is 1.14. The molecule has 5 nitrogen and oxygen atoms in total. The van der Waals surface area contributed by atoms with E-state index >= 15 is 0 Å². The Balaban J connectivity index is 1.95. The van der Waals surface area contributed by atoms with E-state index in [9.17, 15) is 0 Å². The second kappa shape index (κ2) is 5.13. The Morgan fingerprint density at radius 3 is 2.35 bits per heavy atom. The molecule has 1 aromatic carbocycles. The molecule has 0 unspecified atom stereocenters. The van der Waals surface area contributed by atoms with Crippen molar-refractivity contribution in [2.75, 3.05) is 17.7 Å². The molecule has 0 aliphatic rings. The van der Waals surface area contributed by atoms with Crippen LogP contribution in [-0.4, -0.2) is 22.0 Å². The van der Waals surface area contributed by atoms with Gasteiger partial charge < -0.3 is 10.6 Å². The first-order valence-electron chi connectivity index (χ1n) is 6.36. The predicted octanol–water partition coefficient (Wildman–Crippen LogP) is 2.24. The summed E-state index contributed by atoms with van der Waals surface area (Å²) in [6.07, 6.45) is 3.55.